The molecule has 27 heavy (non-hydrogen) atoms. The Bertz CT molecular complexity index is 1010. The molecule has 3 N–H and O–H groups in total. The zero-order valence-corrected chi connectivity index (χ0v) is 16.9. The van der Waals surface area contributed by atoms with E-state index in [2.05, 4.69) is 27.9 Å². The van der Waals surface area contributed by atoms with E-state index in [9.17, 15) is 14.9 Å². The normalized spacial score (nSPS) is 10.4. The number of nitrogens with two attached hydrogens (primary N) is 1. The summed E-state index contributed by atoms with van der Waals surface area (Å²) in [5.41, 5.74) is 7.53. The van der Waals surface area contributed by atoms with E-state index in [1.54, 1.807) is 30.3 Å². The van der Waals surface area contributed by atoms with Crippen molar-refractivity contribution < 1.29 is 9.72 Å². The van der Waals surface area contributed by atoms with Crippen molar-refractivity contribution in [3.8, 4) is 0 Å². The molecule has 0 aliphatic heterocycles. The van der Waals surface area contributed by atoms with Crippen molar-refractivity contribution >= 4 is 57.3 Å². The van der Waals surface area contributed by atoms with Crippen molar-refractivity contribution in [3.05, 3.63) is 86.0 Å². The summed E-state index contributed by atoms with van der Waals surface area (Å²) in [7, 11) is 0. The van der Waals surface area contributed by atoms with Crippen LogP contribution in [0.3, 0.4) is 0 Å². The van der Waals surface area contributed by atoms with E-state index in [0.29, 0.717) is 21.8 Å². The topological polar surface area (TPSA) is 98.3 Å². The fourth-order valence-electron chi connectivity index (χ4n) is 2.39. The Balaban J connectivity index is 1.89. The number of benzene rings is 3. The zero-order chi connectivity index (χ0) is 19.4. The molecule has 3 aromatic carbocycles. The summed E-state index contributed by atoms with van der Waals surface area (Å²) < 4.78 is 0.919. The minimum absolute atomic E-state index is 0.0172. The summed E-state index contributed by atoms with van der Waals surface area (Å²) in [5, 5.41) is 13.7. The average Bonchev–Trinajstić information content (AvgIpc) is 2.64. The molecule has 0 aliphatic rings. The van der Waals surface area contributed by atoms with Gasteiger partial charge in [-0.25, -0.2) is 0 Å². The second-order valence-electron chi connectivity index (χ2n) is 5.51. The number of hydrogen-bond donors (Lipinski definition) is 2. The zero-order valence-electron chi connectivity index (χ0n) is 13.9. The van der Waals surface area contributed by atoms with Gasteiger partial charge in [-0.05, 0) is 59.0 Å². The average molecular weight is 491 g/mol. The Morgan fingerprint density at radius 3 is 2.41 bits per heavy atom. The minimum Gasteiger partial charge on any atom is -0.398 e. The molecule has 1 amide bonds. The quantitative estimate of drug-likeness (QED) is 0.222. The fourth-order valence-corrected chi connectivity index (χ4v) is 3.89. The lowest BCUT2D eigenvalue weighted by molar-refractivity contribution is -0.384. The second-order valence-corrected chi connectivity index (χ2v) is 7.78. The maximum Gasteiger partial charge on any atom is 0.269 e. The Hall–Kier alpha value is -2.59. The highest BCUT2D eigenvalue weighted by molar-refractivity contribution is 14.1. The molecule has 0 saturated carbocycles. The van der Waals surface area contributed by atoms with Crippen LogP contribution in [0.25, 0.3) is 0 Å². The SMILES string of the molecule is Nc1cccc(Sc2ccc([N+](=O)[O-])cc2)c1C(=O)Nc1ccccc1I. The van der Waals surface area contributed by atoms with E-state index < -0.39 is 4.92 Å². The third kappa shape index (κ3) is 4.58. The molecule has 0 heterocycles. The van der Waals surface area contributed by atoms with Crippen molar-refractivity contribution in [3.63, 3.8) is 0 Å². The molecule has 6 nitrogen and oxygen atoms in total. The summed E-state index contributed by atoms with van der Waals surface area (Å²) in [6, 6.07) is 18.9. The van der Waals surface area contributed by atoms with Gasteiger partial charge >= 0.3 is 0 Å². The summed E-state index contributed by atoms with van der Waals surface area (Å²) in [6.07, 6.45) is 0. The number of nitro groups is 1. The molecule has 0 unspecified atom stereocenters. The first-order valence-electron chi connectivity index (χ1n) is 7.82. The number of nitrogens with zero attached hydrogens (tertiary/aromatic N) is 1. The molecule has 3 aromatic rings. The number of halogens is 1. The Kier molecular flexibility index (Phi) is 5.97. The van der Waals surface area contributed by atoms with Crippen molar-refractivity contribution in [2.45, 2.75) is 9.79 Å². The Morgan fingerprint density at radius 1 is 1.04 bits per heavy atom. The Morgan fingerprint density at radius 2 is 1.74 bits per heavy atom. The van der Waals surface area contributed by atoms with Crippen LogP contribution in [0, 0.1) is 13.7 Å². The molecule has 0 saturated heterocycles. The van der Waals surface area contributed by atoms with Gasteiger partial charge in [-0.3, -0.25) is 14.9 Å². The van der Waals surface area contributed by atoms with E-state index in [1.165, 1.54) is 23.9 Å². The van der Waals surface area contributed by atoms with Gasteiger partial charge in [-0.2, -0.15) is 0 Å². The maximum atomic E-state index is 12.8. The van der Waals surface area contributed by atoms with Gasteiger partial charge in [0.25, 0.3) is 11.6 Å². The van der Waals surface area contributed by atoms with Gasteiger partial charge in [0.2, 0.25) is 0 Å². The van der Waals surface area contributed by atoms with Crippen LogP contribution < -0.4 is 11.1 Å². The standard InChI is InChI=1S/C19H14IN3O3S/c20-14-4-1-2-6-16(14)22-19(24)18-15(21)5-3-7-17(18)27-13-10-8-12(9-11-13)23(25)26/h1-11H,21H2,(H,22,24). The third-order valence-electron chi connectivity index (χ3n) is 3.68. The van der Waals surface area contributed by atoms with Crippen LogP contribution >= 0.6 is 34.4 Å². The number of carbonyl (C=O) groups is 1. The number of carbonyl (C=O) groups excluding carboxylic acids is 1. The Labute approximate surface area is 173 Å². The maximum absolute atomic E-state index is 12.8. The van der Waals surface area contributed by atoms with Gasteiger partial charge in [-0.1, -0.05) is 30.0 Å². The second kappa shape index (κ2) is 8.40. The number of amides is 1. The molecule has 0 atom stereocenters. The van der Waals surface area contributed by atoms with Crippen LogP contribution in [0.5, 0.6) is 0 Å². The predicted molar refractivity (Wildman–Crippen MR) is 115 cm³/mol. The van der Waals surface area contributed by atoms with Gasteiger partial charge in [0, 0.05) is 31.2 Å². The lowest BCUT2D eigenvalue weighted by atomic mass is 10.1. The summed E-state index contributed by atoms with van der Waals surface area (Å²) in [4.78, 5) is 24.6. The van der Waals surface area contributed by atoms with Crippen LogP contribution in [0.2, 0.25) is 0 Å². The number of hydrogen-bond acceptors (Lipinski definition) is 5. The number of nitrogens with one attached hydrogen (secondary N) is 1. The van der Waals surface area contributed by atoms with Crippen molar-refractivity contribution in [2.75, 3.05) is 11.1 Å². The largest absolute Gasteiger partial charge is 0.398 e. The number of para-hydroxylation sites is 1. The highest BCUT2D eigenvalue weighted by Gasteiger charge is 2.17. The summed E-state index contributed by atoms with van der Waals surface area (Å²) in [6.45, 7) is 0. The minimum atomic E-state index is -0.449. The van der Waals surface area contributed by atoms with Crippen LogP contribution in [0.15, 0.2) is 76.5 Å². The molecule has 0 fully saturated rings. The highest BCUT2D eigenvalue weighted by atomic mass is 127. The van der Waals surface area contributed by atoms with Crippen LogP contribution in [0.1, 0.15) is 10.4 Å². The number of non-ortho nitro benzene ring substituents is 1. The van der Waals surface area contributed by atoms with Crippen molar-refractivity contribution in [1.82, 2.24) is 0 Å². The summed E-state index contributed by atoms with van der Waals surface area (Å²) >= 11 is 3.48. The number of rotatable bonds is 5. The van der Waals surface area contributed by atoms with E-state index in [0.717, 1.165) is 8.47 Å². The van der Waals surface area contributed by atoms with Crippen LogP contribution in [-0.2, 0) is 0 Å². The molecule has 3 rings (SSSR count). The first-order chi connectivity index (χ1) is 13.0. The third-order valence-corrected chi connectivity index (χ3v) is 5.69. The van der Waals surface area contributed by atoms with Gasteiger partial charge in [-0.15, -0.1) is 0 Å². The molecule has 0 aromatic heterocycles. The molecule has 0 bridgehead atoms. The van der Waals surface area contributed by atoms with Gasteiger partial charge < -0.3 is 11.1 Å². The summed E-state index contributed by atoms with van der Waals surface area (Å²) in [5.74, 6) is -0.304. The van der Waals surface area contributed by atoms with Crippen LogP contribution in [-0.4, -0.2) is 10.8 Å². The number of nitro benzene ring substituents is 1. The molecule has 136 valence electrons. The first-order valence-corrected chi connectivity index (χ1v) is 9.72. The number of nitrogen functional groups attached to an aromatic ring is 1. The highest BCUT2D eigenvalue weighted by Crippen LogP contribution is 2.34. The van der Waals surface area contributed by atoms with E-state index >= 15 is 0 Å². The van der Waals surface area contributed by atoms with Gasteiger partial charge in [0.15, 0.2) is 0 Å². The lowest BCUT2D eigenvalue weighted by Gasteiger charge is -2.13. The van der Waals surface area contributed by atoms with Crippen molar-refractivity contribution in [2.24, 2.45) is 0 Å². The van der Waals surface area contributed by atoms with Crippen LogP contribution in [0.4, 0.5) is 17.1 Å². The fraction of sp³-hybridized carbons (Fsp3) is 0. The smallest absolute Gasteiger partial charge is 0.269 e. The molecule has 0 radical (unpaired) electrons. The van der Waals surface area contributed by atoms with Crippen molar-refractivity contribution in [1.29, 1.82) is 0 Å². The molecular formula is C19H14IN3O3S. The first kappa shape index (κ1) is 19.2. The predicted octanol–water partition coefficient (Wildman–Crippen LogP) is 5.19. The van der Waals surface area contributed by atoms with Gasteiger partial charge in [0.05, 0.1) is 16.2 Å². The van der Waals surface area contributed by atoms with Gasteiger partial charge in [0.1, 0.15) is 0 Å². The van der Waals surface area contributed by atoms with E-state index in [1.807, 2.05) is 24.3 Å². The number of anilines is 2. The molecule has 0 aliphatic carbocycles. The molecule has 0 spiro atoms. The molecule has 8 heteroatoms. The molecular weight excluding hydrogens is 477 g/mol. The van der Waals surface area contributed by atoms with E-state index in [4.69, 9.17) is 5.73 Å². The monoisotopic (exact) mass is 491 g/mol. The lowest BCUT2D eigenvalue weighted by Crippen LogP contribution is -2.16. The van der Waals surface area contributed by atoms with E-state index in [-0.39, 0.29) is 11.6 Å².